The second kappa shape index (κ2) is 0.725. The molecule has 1 aliphatic heterocycles. The van der Waals surface area contributed by atoms with Crippen LogP contribution in [0.5, 0.6) is 0 Å². The van der Waals surface area contributed by atoms with Crippen molar-refractivity contribution < 1.29 is 1.41 Å². The second-order valence-corrected chi connectivity index (χ2v) is 1.02. The van der Waals surface area contributed by atoms with E-state index >= 15 is 0 Å². The zero-order chi connectivity index (χ0) is 3.70. The molecule has 0 aromatic carbocycles. The van der Waals surface area contributed by atoms with Crippen LogP contribution >= 0.6 is 0 Å². The molecular weight excluding hydrogens is 50.0 g/mol. The van der Waals surface area contributed by atoms with Gasteiger partial charge in [-0.15, -0.1) is 0 Å². The van der Waals surface area contributed by atoms with Crippen LogP contribution in [0.3, 0.4) is 0 Å². The van der Waals surface area contributed by atoms with Crippen LogP contribution in [0.1, 0.15) is 6.42 Å². The molecule has 4 heavy (non-hydrogen) atoms. The highest BCUT2D eigenvalue weighted by Crippen LogP contribution is 1.80. The normalized spacial score (nSPS) is 32.5. The van der Waals surface area contributed by atoms with Crippen molar-refractivity contribution in [1.29, 1.82) is 0 Å². The van der Waals surface area contributed by atoms with E-state index in [9.17, 15) is 0 Å². The van der Waals surface area contributed by atoms with Gasteiger partial charge in [0.05, 0.1) is 0 Å². The minimum Gasteiger partial charge on any atom is -0.317 e. The molecule has 1 saturated heterocycles. The maximum atomic E-state index is 6.75. The molecule has 1 aliphatic rings. The molecule has 0 saturated carbocycles. The summed E-state index contributed by atoms with van der Waals surface area (Å²) in [5, 5.41) is 1.56. The third-order valence-electron chi connectivity index (χ3n) is 0.632. The molecule has 0 atom stereocenters. The Morgan fingerprint density at radius 1 is 1.75 bits per heavy atom. The van der Waals surface area contributed by atoms with Gasteiger partial charge >= 0.3 is 0 Å². The summed E-state index contributed by atoms with van der Waals surface area (Å²) in [7, 11) is 0. The number of hydrogen-bond donors (Lipinski definition) is 1. The zero-order valence-corrected chi connectivity index (χ0v) is 2.57. The van der Waals surface area contributed by atoms with Crippen LogP contribution in [0.25, 0.3) is 0 Å². The van der Waals surface area contributed by atoms with Crippen LogP contribution in [0, 0.1) is 0 Å². The predicted molar refractivity (Wildman–Crippen MR) is 17.5 cm³/mol. The van der Waals surface area contributed by atoms with Gasteiger partial charge < -0.3 is 5.31 Å². The fourth-order valence-electron chi connectivity index (χ4n) is 0.158. The van der Waals surface area contributed by atoms with Crippen molar-refractivity contribution in [2.24, 2.45) is 0 Å². The topological polar surface area (TPSA) is 12.0 Å². The summed E-state index contributed by atoms with van der Waals surface area (Å²) in [6.07, 6.45) is 1.23. The van der Waals surface area contributed by atoms with Crippen molar-refractivity contribution in [3.8, 4) is 0 Å². The van der Waals surface area contributed by atoms with E-state index in [2.05, 4.69) is 0 Å². The van der Waals surface area contributed by atoms with Gasteiger partial charge in [-0.1, -0.05) is 0 Å². The summed E-state index contributed by atoms with van der Waals surface area (Å²) in [5.41, 5.74) is 0. The van der Waals surface area contributed by atoms with Gasteiger partial charge in [-0.05, 0) is 19.5 Å². The molecule has 1 heteroatoms. The first-order chi connectivity index (χ1) is 2.39. The van der Waals surface area contributed by atoms with Gasteiger partial charge in [0.1, 0.15) is 1.41 Å². The summed E-state index contributed by atoms with van der Waals surface area (Å²) >= 11 is 0. The van der Waals surface area contributed by atoms with E-state index in [0.717, 1.165) is 13.1 Å². The Hall–Kier alpha value is -0.0400. The van der Waals surface area contributed by atoms with Crippen molar-refractivity contribution in [1.82, 2.24) is 5.31 Å². The number of nitrogens with one attached hydrogen (secondary N) is 1. The first kappa shape index (κ1) is 1.41. The van der Waals surface area contributed by atoms with E-state index in [4.69, 9.17) is 1.41 Å². The van der Waals surface area contributed by atoms with Crippen molar-refractivity contribution in [3.63, 3.8) is 0 Å². The minimum absolute atomic E-state index is 0.986. The van der Waals surface area contributed by atoms with E-state index in [1.54, 1.807) is 5.31 Å². The van der Waals surface area contributed by atoms with Crippen LogP contribution in [-0.4, -0.2) is 13.1 Å². The summed E-state index contributed by atoms with van der Waals surface area (Å²) in [6.45, 7) is 1.97. The Morgan fingerprint density at radius 3 is 2.25 bits per heavy atom. The van der Waals surface area contributed by atoms with Crippen LogP contribution in [-0.2, 0) is 0 Å². The lowest BCUT2D eigenvalue weighted by molar-refractivity contribution is 0.527. The van der Waals surface area contributed by atoms with Crippen LogP contribution in [0.2, 0.25) is 1.41 Å². The lowest BCUT2D eigenvalue weighted by Gasteiger charge is -2.09. The SMILES string of the molecule is [2H]N1CCC1. The summed E-state index contributed by atoms with van der Waals surface area (Å²) in [5.74, 6) is 0. The molecule has 0 aromatic rings. The van der Waals surface area contributed by atoms with Gasteiger partial charge in [0.25, 0.3) is 0 Å². The maximum Gasteiger partial charge on any atom is 0.122 e. The highest BCUT2D eigenvalue weighted by Gasteiger charge is 1.92. The molecule has 0 aromatic heterocycles. The summed E-state index contributed by atoms with van der Waals surface area (Å²) in [4.78, 5) is 0. The van der Waals surface area contributed by atoms with E-state index in [1.807, 2.05) is 0 Å². The lowest BCUT2D eigenvalue weighted by Crippen LogP contribution is -2.29. The van der Waals surface area contributed by atoms with Crippen molar-refractivity contribution in [2.75, 3.05) is 13.1 Å². The molecule has 0 radical (unpaired) electrons. The Bertz CT molecular complexity index is 33.9. The lowest BCUT2D eigenvalue weighted by atomic mass is 10.3. The molecule has 0 bridgehead atoms. The van der Waals surface area contributed by atoms with Crippen LogP contribution in [0.15, 0.2) is 0 Å². The fraction of sp³-hybridized carbons (Fsp3) is 1.00. The Kier molecular flexibility index (Phi) is 0.256. The third-order valence-corrected chi connectivity index (χ3v) is 0.632. The van der Waals surface area contributed by atoms with Crippen molar-refractivity contribution >= 4 is 0 Å². The highest BCUT2D eigenvalue weighted by molar-refractivity contribution is 4.56. The van der Waals surface area contributed by atoms with E-state index < -0.39 is 0 Å². The average molecular weight is 58.1 g/mol. The molecule has 1 rings (SSSR count). The fourth-order valence-corrected chi connectivity index (χ4v) is 0.158. The van der Waals surface area contributed by atoms with Gasteiger partial charge in [0, 0.05) is 0 Å². The molecule has 1 heterocycles. The Labute approximate surface area is 27.5 Å². The maximum absolute atomic E-state index is 6.75. The largest absolute Gasteiger partial charge is 0.317 e. The molecule has 24 valence electrons. The molecule has 0 spiro atoms. The minimum atomic E-state index is 0.986. The average Bonchev–Trinajstić information content (AvgIpc) is 1.30. The van der Waals surface area contributed by atoms with Gasteiger partial charge in [0.2, 0.25) is 0 Å². The van der Waals surface area contributed by atoms with Gasteiger partial charge in [-0.2, -0.15) is 0 Å². The third kappa shape index (κ3) is 0.115. The standard InChI is InChI=1S/C3H7N/c1-2-4-3-1/h4H,1-3H2/i/hD. The van der Waals surface area contributed by atoms with Crippen molar-refractivity contribution in [3.05, 3.63) is 0 Å². The first-order valence-electron chi connectivity index (χ1n) is 2.08. The molecule has 0 aliphatic carbocycles. The van der Waals surface area contributed by atoms with E-state index in [0.29, 0.717) is 0 Å². The molecule has 1 N–H and O–H groups in total. The quantitative estimate of drug-likeness (QED) is 0.412. The van der Waals surface area contributed by atoms with Crippen LogP contribution < -0.4 is 5.31 Å². The molecular formula is C3H7N. The molecule has 1 fully saturated rings. The molecule has 1 nitrogen and oxygen atoms in total. The zero-order valence-electron chi connectivity index (χ0n) is 3.57. The number of rotatable bonds is 0. The first-order valence-corrected chi connectivity index (χ1v) is 1.63. The second-order valence-electron chi connectivity index (χ2n) is 1.02. The van der Waals surface area contributed by atoms with Gasteiger partial charge in [-0.3, -0.25) is 0 Å². The number of hydrogen-bond acceptors (Lipinski definition) is 1. The Morgan fingerprint density at radius 2 is 2.25 bits per heavy atom. The monoisotopic (exact) mass is 58.1 g/mol. The van der Waals surface area contributed by atoms with Gasteiger partial charge in [-0.25, -0.2) is 0 Å². The van der Waals surface area contributed by atoms with Crippen LogP contribution in [0.4, 0.5) is 0 Å². The molecule has 0 unspecified atom stereocenters. The van der Waals surface area contributed by atoms with E-state index in [1.165, 1.54) is 6.42 Å². The highest BCUT2D eigenvalue weighted by atomic mass is 14.9. The Balaban J connectivity index is 2.08. The summed E-state index contributed by atoms with van der Waals surface area (Å²) < 4.78 is 6.75. The smallest absolute Gasteiger partial charge is 0.122 e. The van der Waals surface area contributed by atoms with Crippen molar-refractivity contribution in [2.45, 2.75) is 6.42 Å². The van der Waals surface area contributed by atoms with E-state index in [-0.39, 0.29) is 0 Å². The van der Waals surface area contributed by atoms with Gasteiger partial charge in [0.15, 0.2) is 0 Å². The predicted octanol–water partition coefficient (Wildman–Crippen LogP) is -0.0203. The summed E-state index contributed by atoms with van der Waals surface area (Å²) in [6, 6.07) is 0. The molecule has 0 amide bonds.